The number of carbonyl (C=O) groups excluding carboxylic acids is 2. The van der Waals surface area contributed by atoms with Gasteiger partial charge < -0.3 is 20.3 Å². The van der Waals surface area contributed by atoms with Crippen LogP contribution in [-0.2, 0) is 0 Å². The zero-order valence-corrected chi connectivity index (χ0v) is 18.9. The Hall–Kier alpha value is -3.17. The highest BCUT2D eigenvalue weighted by Gasteiger charge is 2.33. The van der Waals surface area contributed by atoms with Gasteiger partial charge in [-0.3, -0.25) is 4.79 Å². The number of benzene rings is 2. The van der Waals surface area contributed by atoms with E-state index in [-0.39, 0.29) is 23.0 Å². The Morgan fingerprint density at radius 1 is 1.19 bits per heavy atom. The van der Waals surface area contributed by atoms with Crippen LogP contribution in [0, 0.1) is 0 Å². The van der Waals surface area contributed by atoms with Gasteiger partial charge in [-0.15, -0.1) is 10.2 Å². The Morgan fingerprint density at radius 3 is 2.84 bits per heavy atom. The Labute approximate surface area is 194 Å². The molecule has 8 nitrogen and oxygen atoms in total. The molecule has 3 amide bonds. The van der Waals surface area contributed by atoms with Crippen LogP contribution in [0.2, 0.25) is 5.02 Å². The van der Waals surface area contributed by atoms with E-state index < -0.39 is 0 Å². The van der Waals surface area contributed by atoms with Crippen molar-refractivity contribution in [2.45, 2.75) is 25.8 Å². The number of carbonyl (C=O) groups is 2. The Balaban J connectivity index is 1.45. The van der Waals surface area contributed by atoms with E-state index in [0.717, 1.165) is 12.8 Å². The molecule has 10 heteroatoms. The van der Waals surface area contributed by atoms with Crippen LogP contribution in [0.1, 0.15) is 40.6 Å². The third kappa shape index (κ3) is 5.00. The number of amides is 3. The zero-order valence-electron chi connectivity index (χ0n) is 17.4. The van der Waals surface area contributed by atoms with Crippen molar-refractivity contribution in [1.82, 2.24) is 15.1 Å². The summed E-state index contributed by atoms with van der Waals surface area (Å²) in [6, 6.07) is 13.7. The maximum absolute atomic E-state index is 13.0. The van der Waals surface area contributed by atoms with E-state index in [1.165, 1.54) is 11.3 Å². The first-order valence-electron chi connectivity index (χ1n) is 10.2. The molecule has 2 N–H and O–H groups in total. The van der Waals surface area contributed by atoms with Crippen molar-refractivity contribution in [1.29, 1.82) is 0 Å². The number of nitrogens with one attached hydrogen (secondary N) is 2. The van der Waals surface area contributed by atoms with Crippen molar-refractivity contribution in [2.24, 2.45) is 0 Å². The van der Waals surface area contributed by atoms with Crippen molar-refractivity contribution >= 4 is 46.3 Å². The second kappa shape index (κ2) is 9.97. The summed E-state index contributed by atoms with van der Waals surface area (Å²) in [6.45, 7) is 2.99. The Kier molecular flexibility index (Phi) is 6.87. The molecule has 1 fully saturated rings. The van der Waals surface area contributed by atoms with Crippen molar-refractivity contribution in [3.05, 3.63) is 63.6 Å². The monoisotopic (exact) mass is 471 g/mol. The van der Waals surface area contributed by atoms with Crippen LogP contribution in [0.25, 0.3) is 0 Å². The number of halogens is 1. The standard InChI is InChI=1S/C22H22ClN5O3S/c1-2-31-18-11-4-3-9-16(18)25-22(30)28-12-6-10-17(28)20-26-27-21(32-20)19(29)24-15-8-5-7-14(23)13-15/h3-5,7-9,11,13,17H,2,6,10,12H2,1H3,(H,24,29)(H,25,30). The number of ether oxygens (including phenoxy) is 1. The minimum Gasteiger partial charge on any atom is -0.492 e. The van der Waals surface area contributed by atoms with Gasteiger partial charge in [0.2, 0.25) is 5.01 Å². The summed E-state index contributed by atoms with van der Waals surface area (Å²) in [5.74, 6) is 0.255. The summed E-state index contributed by atoms with van der Waals surface area (Å²) in [5, 5.41) is 15.3. The minimum absolute atomic E-state index is 0.230. The van der Waals surface area contributed by atoms with E-state index in [4.69, 9.17) is 16.3 Å². The molecule has 166 valence electrons. The van der Waals surface area contributed by atoms with Crippen molar-refractivity contribution in [3.63, 3.8) is 0 Å². The predicted molar refractivity (Wildman–Crippen MR) is 125 cm³/mol. The minimum atomic E-state index is -0.365. The van der Waals surface area contributed by atoms with Gasteiger partial charge in [0.1, 0.15) is 10.8 Å². The fourth-order valence-corrected chi connectivity index (χ4v) is 4.59. The van der Waals surface area contributed by atoms with Crippen molar-refractivity contribution < 1.29 is 14.3 Å². The van der Waals surface area contributed by atoms with Gasteiger partial charge in [0.05, 0.1) is 18.3 Å². The van der Waals surface area contributed by atoms with Gasteiger partial charge in [-0.2, -0.15) is 0 Å². The average Bonchev–Trinajstić information content (AvgIpc) is 3.45. The van der Waals surface area contributed by atoms with Gasteiger partial charge in [0, 0.05) is 17.3 Å². The molecule has 1 unspecified atom stereocenters. The number of rotatable bonds is 6. The molecule has 2 aromatic carbocycles. The third-order valence-electron chi connectivity index (χ3n) is 4.94. The SMILES string of the molecule is CCOc1ccccc1NC(=O)N1CCCC1c1nnc(C(=O)Nc2cccc(Cl)c2)s1. The molecule has 0 radical (unpaired) electrons. The van der Waals surface area contributed by atoms with E-state index >= 15 is 0 Å². The molecule has 1 aromatic heterocycles. The van der Waals surface area contributed by atoms with Crippen LogP contribution in [0.4, 0.5) is 16.2 Å². The Morgan fingerprint density at radius 2 is 2.03 bits per heavy atom. The van der Waals surface area contributed by atoms with Crippen molar-refractivity contribution in [2.75, 3.05) is 23.8 Å². The highest BCUT2D eigenvalue weighted by atomic mass is 35.5. The van der Waals surface area contributed by atoms with Crippen LogP contribution in [0.5, 0.6) is 5.75 Å². The maximum atomic E-state index is 13.0. The van der Waals surface area contributed by atoms with Crippen LogP contribution in [0.3, 0.4) is 0 Å². The number of urea groups is 1. The molecule has 1 atom stereocenters. The molecule has 0 saturated carbocycles. The first kappa shape index (κ1) is 22.0. The number of aromatic nitrogens is 2. The van der Waals surface area contributed by atoms with E-state index in [9.17, 15) is 9.59 Å². The second-order valence-electron chi connectivity index (χ2n) is 7.12. The van der Waals surface area contributed by atoms with E-state index in [1.54, 1.807) is 35.2 Å². The fraction of sp³-hybridized carbons (Fsp3) is 0.273. The maximum Gasteiger partial charge on any atom is 0.322 e. The molecule has 4 rings (SSSR count). The largest absolute Gasteiger partial charge is 0.492 e. The summed E-state index contributed by atoms with van der Waals surface area (Å²) in [4.78, 5) is 27.3. The summed E-state index contributed by atoms with van der Waals surface area (Å²) in [6.07, 6.45) is 1.60. The lowest BCUT2D eigenvalue weighted by atomic mass is 10.2. The van der Waals surface area contributed by atoms with Crippen LogP contribution in [-0.4, -0.2) is 40.2 Å². The first-order valence-corrected chi connectivity index (χ1v) is 11.4. The molecule has 3 aromatic rings. The van der Waals surface area contributed by atoms with Crippen LogP contribution >= 0.6 is 22.9 Å². The van der Waals surface area contributed by atoms with Gasteiger partial charge in [-0.25, -0.2) is 4.79 Å². The van der Waals surface area contributed by atoms with Gasteiger partial charge in [-0.05, 0) is 50.1 Å². The normalized spacial score (nSPS) is 15.4. The lowest BCUT2D eigenvalue weighted by Gasteiger charge is -2.23. The molecule has 1 saturated heterocycles. The van der Waals surface area contributed by atoms with E-state index in [1.807, 2.05) is 25.1 Å². The smallest absolute Gasteiger partial charge is 0.322 e. The van der Waals surface area contributed by atoms with Gasteiger partial charge in [0.25, 0.3) is 5.91 Å². The second-order valence-corrected chi connectivity index (χ2v) is 8.57. The fourth-order valence-electron chi connectivity index (χ4n) is 3.52. The van der Waals surface area contributed by atoms with Gasteiger partial charge >= 0.3 is 6.03 Å². The first-order chi connectivity index (χ1) is 15.5. The summed E-state index contributed by atoms with van der Waals surface area (Å²) in [5.41, 5.74) is 1.19. The third-order valence-corrected chi connectivity index (χ3v) is 6.20. The molecule has 2 heterocycles. The number of likely N-dealkylation sites (tertiary alicyclic amines) is 1. The zero-order chi connectivity index (χ0) is 22.5. The number of anilines is 2. The summed E-state index contributed by atoms with van der Waals surface area (Å²) >= 11 is 7.15. The molecule has 0 aliphatic carbocycles. The molecule has 0 bridgehead atoms. The lowest BCUT2D eigenvalue weighted by Crippen LogP contribution is -2.34. The van der Waals surface area contributed by atoms with Crippen molar-refractivity contribution in [3.8, 4) is 5.75 Å². The summed E-state index contributed by atoms with van der Waals surface area (Å²) in [7, 11) is 0. The van der Waals surface area contributed by atoms with Crippen LogP contribution < -0.4 is 15.4 Å². The molecule has 0 spiro atoms. The number of para-hydroxylation sites is 2. The van der Waals surface area contributed by atoms with E-state index in [2.05, 4.69) is 20.8 Å². The topological polar surface area (TPSA) is 96.4 Å². The molecule has 32 heavy (non-hydrogen) atoms. The number of hydrogen-bond acceptors (Lipinski definition) is 6. The molecular formula is C22H22ClN5O3S. The van der Waals surface area contributed by atoms with Gasteiger partial charge in [-0.1, -0.05) is 41.1 Å². The molecular weight excluding hydrogens is 450 g/mol. The van der Waals surface area contributed by atoms with Gasteiger partial charge in [0.15, 0.2) is 0 Å². The highest BCUT2D eigenvalue weighted by Crippen LogP contribution is 2.35. The quantitative estimate of drug-likeness (QED) is 0.514. The predicted octanol–water partition coefficient (Wildman–Crippen LogP) is 5.21. The number of hydrogen-bond donors (Lipinski definition) is 2. The number of nitrogens with zero attached hydrogens (tertiary/aromatic N) is 3. The Bertz CT molecular complexity index is 1120. The van der Waals surface area contributed by atoms with Crippen LogP contribution in [0.15, 0.2) is 48.5 Å². The molecule has 1 aliphatic heterocycles. The lowest BCUT2D eigenvalue weighted by molar-refractivity contribution is 0.102. The van der Waals surface area contributed by atoms with E-state index in [0.29, 0.717) is 40.3 Å². The molecule has 1 aliphatic rings. The highest BCUT2D eigenvalue weighted by molar-refractivity contribution is 7.13. The average molecular weight is 472 g/mol. The summed E-state index contributed by atoms with van der Waals surface area (Å²) < 4.78 is 5.59.